The highest BCUT2D eigenvalue weighted by atomic mass is 32.2. The van der Waals surface area contributed by atoms with Crippen LogP contribution in [0, 0.1) is 20.8 Å². The Balaban J connectivity index is 1.89. The number of methoxy groups -OCH3 is 1. The molecule has 1 amide bonds. The lowest BCUT2D eigenvalue weighted by atomic mass is 10.1. The number of amides is 1. The molecule has 2 heterocycles. The summed E-state index contributed by atoms with van der Waals surface area (Å²) >= 11 is 0. The second kappa shape index (κ2) is 7.32. The Bertz CT molecular complexity index is 967. The van der Waals surface area contributed by atoms with Crippen LogP contribution in [0.2, 0.25) is 0 Å². The summed E-state index contributed by atoms with van der Waals surface area (Å²) in [7, 11) is -2.28. The van der Waals surface area contributed by atoms with Crippen molar-refractivity contribution in [3.63, 3.8) is 0 Å². The van der Waals surface area contributed by atoms with Crippen molar-refractivity contribution in [3.05, 3.63) is 35.1 Å². The van der Waals surface area contributed by atoms with E-state index in [0.717, 1.165) is 5.56 Å². The van der Waals surface area contributed by atoms with Gasteiger partial charge in [-0.1, -0.05) is 5.16 Å². The number of nitrogens with zero attached hydrogens (tertiary/aromatic N) is 2. The topological polar surface area (TPSA) is 102 Å². The molecule has 27 heavy (non-hydrogen) atoms. The molecule has 1 aliphatic rings. The lowest BCUT2D eigenvalue weighted by molar-refractivity contribution is -0.119. The summed E-state index contributed by atoms with van der Waals surface area (Å²) in [5.41, 5.74) is 1.30. The van der Waals surface area contributed by atoms with E-state index in [1.54, 1.807) is 46.1 Å². The van der Waals surface area contributed by atoms with Gasteiger partial charge in [0.05, 0.1) is 12.0 Å². The molecule has 1 aliphatic heterocycles. The van der Waals surface area contributed by atoms with E-state index >= 15 is 0 Å². The molecule has 0 bridgehead atoms. The van der Waals surface area contributed by atoms with Gasteiger partial charge in [-0.2, -0.15) is 4.31 Å². The van der Waals surface area contributed by atoms with Crippen LogP contribution in [0.1, 0.15) is 29.7 Å². The van der Waals surface area contributed by atoms with E-state index in [1.165, 1.54) is 4.31 Å². The van der Waals surface area contributed by atoms with Gasteiger partial charge in [0.15, 0.2) is 5.82 Å². The maximum atomic E-state index is 13.2. The fraction of sp³-hybridized carbons (Fsp3) is 0.444. The number of nitrogens with one attached hydrogen (secondary N) is 1. The van der Waals surface area contributed by atoms with Crippen molar-refractivity contribution in [2.45, 2.75) is 44.6 Å². The molecule has 1 N–H and O–H groups in total. The van der Waals surface area contributed by atoms with Crippen LogP contribution < -0.4 is 10.1 Å². The largest absolute Gasteiger partial charge is 0.496 e. The van der Waals surface area contributed by atoms with Gasteiger partial charge in [-0.05, 0) is 56.9 Å². The first kappa shape index (κ1) is 19.4. The second-order valence-electron chi connectivity index (χ2n) is 6.67. The molecule has 0 aliphatic carbocycles. The van der Waals surface area contributed by atoms with E-state index in [2.05, 4.69) is 10.5 Å². The first-order valence-electron chi connectivity index (χ1n) is 8.65. The first-order chi connectivity index (χ1) is 12.7. The minimum atomic E-state index is -3.83. The lowest BCUT2D eigenvalue weighted by Crippen LogP contribution is -2.43. The molecule has 146 valence electrons. The predicted octanol–water partition coefficient (Wildman–Crippen LogP) is 2.40. The minimum Gasteiger partial charge on any atom is -0.496 e. The van der Waals surface area contributed by atoms with Crippen LogP contribution in [-0.2, 0) is 14.8 Å². The number of aryl methyl sites for hydroxylation is 3. The van der Waals surface area contributed by atoms with Crippen LogP contribution >= 0.6 is 0 Å². The van der Waals surface area contributed by atoms with Crippen LogP contribution in [-0.4, -0.2) is 43.5 Å². The number of carbonyl (C=O) groups excluding carboxylic acids is 1. The molecule has 0 radical (unpaired) electrons. The molecule has 1 atom stereocenters. The van der Waals surface area contributed by atoms with E-state index < -0.39 is 22.0 Å². The van der Waals surface area contributed by atoms with Crippen LogP contribution in [0.5, 0.6) is 5.75 Å². The zero-order valence-corrected chi connectivity index (χ0v) is 16.6. The van der Waals surface area contributed by atoms with Gasteiger partial charge in [-0.15, -0.1) is 0 Å². The summed E-state index contributed by atoms with van der Waals surface area (Å²) in [6.45, 7) is 5.52. The number of ether oxygens (including phenoxy) is 1. The maximum absolute atomic E-state index is 13.2. The van der Waals surface area contributed by atoms with Crippen molar-refractivity contribution in [2.24, 2.45) is 0 Å². The molecule has 9 heteroatoms. The summed E-state index contributed by atoms with van der Waals surface area (Å²) in [5.74, 6) is 1.06. The summed E-state index contributed by atoms with van der Waals surface area (Å²) < 4.78 is 38.0. The second-order valence-corrected chi connectivity index (χ2v) is 8.53. The molecular formula is C18H23N3O5S. The number of sulfonamides is 1. The van der Waals surface area contributed by atoms with E-state index in [1.807, 2.05) is 0 Å². The number of rotatable bonds is 5. The van der Waals surface area contributed by atoms with Gasteiger partial charge in [-0.25, -0.2) is 8.42 Å². The smallest absolute Gasteiger partial charge is 0.244 e. The van der Waals surface area contributed by atoms with Crippen molar-refractivity contribution in [2.75, 3.05) is 19.0 Å². The average Bonchev–Trinajstić information content (AvgIpc) is 3.25. The quantitative estimate of drug-likeness (QED) is 0.837. The number of anilines is 1. The molecule has 1 saturated heterocycles. The fourth-order valence-corrected chi connectivity index (χ4v) is 5.26. The number of benzene rings is 1. The Hall–Kier alpha value is -2.39. The Kier molecular flexibility index (Phi) is 5.25. The molecule has 1 aromatic carbocycles. The lowest BCUT2D eigenvalue weighted by Gasteiger charge is -2.24. The van der Waals surface area contributed by atoms with Crippen molar-refractivity contribution < 1.29 is 22.5 Å². The summed E-state index contributed by atoms with van der Waals surface area (Å²) in [6.07, 6.45) is 1.07. The van der Waals surface area contributed by atoms with Crippen molar-refractivity contribution in [1.29, 1.82) is 0 Å². The van der Waals surface area contributed by atoms with Gasteiger partial charge < -0.3 is 14.6 Å². The molecule has 8 nitrogen and oxygen atoms in total. The number of hydrogen-bond donors (Lipinski definition) is 1. The Morgan fingerprint density at radius 1 is 1.26 bits per heavy atom. The molecule has 0 spiro atoms. The normalized spacial score (nSPS) is 17.9. The highest BCUT2D eigenvalue weighted by Crippen LogP contribution is 2.32. The van der Waals surface area contributed by atoms with Crippen molar-refractivity contribution >= 4 is 21.7 Å². The van der Waals surface area contributed by atoms with Gasteiger partial charge in [-0.3, -0.25) is 4.79 Å². The number of hydrogen-bond acceptors (Lipinski definition) is 6. The molecule has 0 unspecified atom stereocenters. The van der Waals surface area contributed by atoms with Crippen LogP contribution in [0.3, 0.4) is 0 Å². The number of aromatic nitrogens is 1. The van der Waals surface area contributed by atoms with Gasteiger partial charge in [0.1, 0.15) is 17.6 Å². The van der Waals surface area contributed by atoms with Crippen LogP contribution in [0.4, 0.5) is 5.82 Å². The summed E-state index contributed by atoms with van der Waals surface area (Å²) in [6, 6.07) is 4.10. The van der Waals surface area contributed by atoms with E-state index in [-0.39, 0.29) is 10.7 Å². The fourth-order valence-electron chi connectivity index (χ4n) is 3.31. The monoisotopic (exact) mass is 393 g/mol. The number of carbonyl (C=O) groups is 1. The van der Waals surface area contributed by atoms with Gasteiger partial charge in [0.25, 0.3) is 0 Å². The zero-order chi connectivity index (χ0) is 19.8. The zero-order valence-electron chi connectivity index (χ0n) is 15.8. The van der Waals surface area contributed by atoms with Crippen molar-refractivity contribution in [1.82, 2.24) is 9.46 Å². The van der Waals surface area contributed by atoms with E-state index in [4.69, 9.17) is 9.26 Å². The first-order valence-corrected chi connectivity index (χ1v) is 10.1. The molecule has 1 fully saturated rings. The molecule has 3 rings (SSSR count). The van der Waals surface area contributed by atoms with Crippen LogP contribution in [0.25, 0.3) is 0 Å². The van der Waals surface area contributed by atoms with Gasteiger partial charge in [0, 0.05) is 12.6 Å². The highest BCUT2D eigenvalue weighted by molar-refractivity contribution is 7.89. The standard InChI is InChI=1S/C18H23N3O5S/c1-11-9-16(12(2)8-15(11)25-4)27(23,24)21-7-5-6-14(21)18(22)19-17-10-13(3)26-20-17/h8-10,14H,5-7H2,1-4H3,(H,19,20,22)/t14-/m1/s1. The maximum Gasteiger partial charge on any atom is 0.244 e. The summed E-state index contributed by atoms with van der Waals surface area (Å²) in [4.78, 5) is 12.8. The van der Waals surface area contributed by atoms with Crippen LogP contribution in [0.15, 0.2) is 27.6 Å². The Morgan fingerprint density at radius 2 is 2.00 bits per heavy atom. The SMILES string of the molecule is COc1cc(C)c(S(=O)(=O)N2CCC[C@@H]2C(=O)Nc2cc(C)on2)cc1C. The predicted molar refractivity (Wildman–Crippen MR) is 99.3 cm³/mol. The third kappa shape index (κ3) is 3.70. The van der Waals surface area contributed by atoms with E-state index in [9.17, 15) is 13.2 Å². The minimum absolute atomic E-state index is 0.192. The molecule has 2 aromatic rings. The Morgan fingerprint density at radius 3 is 2.63 bits per heavy atom. The third-order valence-electron chi connectivity index (χ3n) is 4.66. The van der Waals surface area contributed by atoms with Crippen molar-refractivity contribution in [3.8, 4) is 5.75 Å². The van der Waals surface area contributed by atoms with E-state index in [0.29, 0.717) is 36.5 Å². The highest BCUT2D eigenvalue weighted by Gasteiger charge is 2.40. The molecule has 0 saturated carbocycles. The summed E-state index contributed by atoms with van der Waals surface area (Å²) in [5, 5.41) is 6.36. The average molecular weight is 393 g/mol. The van der Waals surface area contributed by atoms with Gasteiger partial charge >= 0.3 is 0 Å². The molecular weight excluding hydrogens is 370 g/mol. The van der Waals surface area contributed by atoms with Gasteiger partial charge in [0.2, 0.25) is 15.9 Å². The Labute approximate surface area is 158 Å². The third-order valence-corrected chi connectivity index (χ3v) is 6.71. The molecule has 1 aromatic heterocycles.